The van der Waals surface area contributed by atoms with Crippen molar-refractivity contribution < 1.29 is 4.74 Å². The zero-order valence-electron chi connectivity index (χ0n) is 14.6. The summed E-state index contributed by atoms with van der Waals surface area (Å²) in [7, 11) is 1.65. The van der Waals surface area contributed by atoms with Crippen molar-refractivity contribution in [2.75, 3.05) is 29.4 Å². The molecule has 0 aliphatic rings. The zero-order chi connectivity index (χ0) is 19.1. The summed E-state index contributed by atoms with van der Waals surface area (Å²) in [5, 5.41) is 6.96. The molecule has 0 radical (unpaired) electrons. The lowest BCUT2D eigenvalue weighted by Gasteiger charge is -2.18. The predicted molar refractivity (Wildman–Crippen MR) is 116 cm³/mol. The third-order valence-electron chi connectivity index (χ3n) is 3.81. The lowest BCUT2D eigenvalue weighted by atomic mass is 10.2. The fourth-order valence-electron chi connectivity index (χ4n) is 2.32. The van der Waals surface area contributed by atoms with Crippen LogP contribution in [-0.2, 0) is 0 Å². The van der Waals surface area contributed by atoms with E-state index >= 15 is 0 Å². The van der Waals surface area contributed by atoms with Crippen LogP contribution in [0.2, 0.25) is 0 Å². The third kappa shape index (κ3) is 5.13. The number of rotatable bonds is 8. The third-order valence-corrected chi connectivity index (χ3v) is 5.13. The van der Waals surface area contributed by atoms with Crippen LogP contribution in [0.3, 0.4) is 0 Å². The van der Waals surface area contributed by atoms with E-state index in [0.29, 0.717) is 12.0 Å². The smallest absolute Gasteiger partial charge is 0.203 e. The molecule has 2 aromatic carbocycles. The first kappa shape index (κ1) is 19.5. The lowest BCUT2D eigenvalue weighted by molar-refractivity contribution is 0.415. The van der Waals surface area contributed by atoms with Gasteiger partial charge in [-0.3, -0.25) is 5.43 Å². The molecule has 0 atom stereocenters. The second-order valence-corrected chi connectivity index (χ2v) is 6.84. The van der Waals surface area contributed by atoms with E-state index in [0.717, 1.165) is 33.4 Å². The van der Waals surface area contributed by atoms with Crippen LogP contribution in [0.1, 0.15) is 5.56 Å². The van der Waals surface area contributed by atoms with Crippen molar-refractivity contribution in [2.45, 2.75) is 0 Å². The number of benzene rings is 2. The molecular formula is C19H18Cl2N4OS. The molecule has 3 aromatic rings. The summed E-state index contributed by atoms with van der Waals surface area (Å²) < 4.78 is 5.17. The topological polar surface area (TPSA) is 49.8 Å². The average Bonchev–Trinajstić information content (AvgIpc) is 3.19. The average molecular weight is 421 g/mol. The van der Waals surface area contributed by atoms with E-state index in [1.165, 1.54) is 11.3 Å². The summed E-state index contributed by atoms with van der Waals surface area (Å²) in [5.74, 6) is 0.822. The van der Waals surface area contributed by atoms with Gasteiger partial charge < -0.3 is 9.64 Å². The number of ether oxygens (including phenoxy) is 1. The molecule has 1 heterocycles. The van der Waals surface area contributed by atoms with E-state index in [-0.39, 0.29) is 0 Å². The van der Waals surface area contributed by atoms with E-state index in [9.17, 15) is 0 Å². The van der Waals surface area contributed by atoms with Crippen LogP contribution in [0.15, 0.2) is 59.0 Å². The van der Waals surface area contributed by atoms with Gasteiger partial charge >= 0.3 is 0 Å². The van der Waals surface area contributed by atoms with E-state index in [1.807, 2.05) is 58.8 Å². The van der Waals surface area contributed by atoms with Crippen LogP contribution in [0.5, 0.6) is 5.75 Å². The van der Waals surface area contributed by atoms with Crippen LogP contribution >= 0.6 is 34.5 Å². The molecule has 5 nitrogen and oxygen atoms in total. The number of hydrogen-bond acceptors (Lipinski definition) is 6. The van der Waals surface area contributed by atoms with E-state index in [4.69, 9.17) is 27.9 Å². The molecule has 3 rings (SSSR count). The summed E-state index contributed by atoms with van der Waals surface area (Å²) >= 11 is 13.2. The summed E-state index contributed by atoms with van der Waals surface area (Å²) in [6, 6.07) is 16.3. The van der Waals surface area contributed by atoms with Crippen molar-refractivity contribution in [2.24, 2.45) is 5.10 Å². The first-order valence-corrected chi connectivity index (χ1v) is 10.0. The number of thiazole rings is 1. The Morgan fingerprint density at radius 3 is 2.44 bits per heavy atom. The highest BCUT2D eigenvalue weighted by atomic mass is 35.5. The van der Waals surface area contributed by atoms with Gasteiger partial charge in [0, 0.05) is 16.6 Å². The molecule has 1 N–H and O–H groups in total. The summed E-state index contributed by atoms with van der Waals surface area (Å²) in [6.07, 6.45) is 1.74. The summed E-state index contributed by atoms with van der Waals surface area (Å²) in [4.78, 5) is 6.39. The van der Waals surface area contributed by atoms with Crippen LogP contribution in [-0.4, -0.2) is 30.3 Å². The van der Waals surface area contributed by atoms with Crippen LogP contribution in [0, 0.1) is 0 Å². The molecule has 0 amide bonds. The van der Waals surface area contributed by atoms with Gasteiger partial charge in [0.15, 0.2) is 0 Å². The fourth-order valence-corrected chi connectivity index (χ4v) is 3.52. The predicted octanol–water partition coefficient (Wildman–Crippen LogP) is 5.46. The second kappa shape index (κ2) is 9.60. The lowest BCUT2D eigenvalue weighted by Crippen LogP contribution is -2.18. The molecule has 0 saturated heterocycles. The van der Waals surface area contributed by atoms with Gasteiger partial charge in [-0.1, -0.05) is 12.1 Å². The Labute approximate surface area is 172 Å². The van der Waals surface area contributed by atoms with E-state index in [1.54, 1.807) is 13.3 Å². The van der Waals surface area contributed by atoms with Gasteiger partial charge in [-0.05, 0) is 42.0 Å². The van der Waals surface area contributed by atoms with Crippen molar-refractivity contribution >= 4 is 51.6 Å². The molecular weight excluding hydrogens is 403 g/mol. The first-order valence-electron chi connectivity index (χ1n) is 8.09. The maximum absolute atomic E-state index is 5.85. The van der Waals surface area contributed by atoms with Crippen LogP contribution in [0.4, 0.5) is 10.8 Å². The highest BCUT2D eigenvalue weighted by Gasteiger charge is 2.05. The highest BCUT2D eigenvalue weighted by molar-refractivity contribution is 7.14. The fraction of sp³-hybridized carbons (Fsp3) is 0.158. The monoisotopic (exact) mass is 420 g/mol. The molecule has 27 heavy (non-hydrogen) atoms. The largest absolute Gasteiger partial charge is 0.497 e. The number of nitrogens with one attached hydrogen (secondary N) is 1. The molecule has 140 valence electrons. The molecule has 8 heteroatoms. The quantitative estimate of drug-likeness (QED) is 0.227. The SMILES string of the molecule is COc1ccc(-c2csc(NN=Cc3ccc(N(CCl)CCl)cc3)n2)cc1. The molecule has 0 unspecified atom stereocenters. The molecule has 1 aromatic heterocycles. The Balaban J connectivity index is 1.60. The maximum atomic E-state index is 5.85. The molecule has 0 spiro atoms. The molecule has 0 saturated carbocycles. The van der Waals surface area contributed by atoms with Crippen LogP contribution < -0.4 is 15.1 Å². The molecule has 0 bridgehead atoms. The summed E-state index contributed by atoms with van der Waals surface area (Å²) in [5.41, 5.74) is 6.82. The Kier molecular flexibility index (Phi) is 6.92. The van der Waals surface area contributed by atoms with E-state index < -0.39 is 0 Å². The number of methoxy groups -OCH3 is 1. The first-order chi connectivity index (χ1) is 13.2. The second-order valence-electron chi connectivity index (χ2n) is 5.51. The Morgan fingerprint density at radius 1 is 1.11 bits per heavy atom. The standard InChI is InChI=1S/C19H18Cl2N4OS/c1-26-17-8-4-15(5-9-17)18-11-27-19(23-18)24-22-10-14-2-6-16(7-3-14)25(12-20)13-21/h2-11H,12-13H2,1H3,(H,23,24). The number of nitrogens with zero attached hydrogens (tertiary/aromatic N) is 3. The van der Waals surface area contributed by atoms with Crippen molar-refractivity contribution in [3.05, 3.63) is 59.5 Å². The minimum absolute atomic E-state index is 0.346. The maximum Gasteiger partial charge on any atom is 0.203 e. The minimum atomic E-state index is 0.346. The van der Waals surface area contributed by atoms with Gasteiger partial charge in [0.1, 0.15) is 5.75 Å². The van der Waals surface area contributed by atoms with Crippen LogP contribution in [0.25, 0.3) is 11.3 Å². The van der Waals surface area contributed by atoms with Gasteiger partial charge in [0.05, 0.1) is 31.0 Å². The zero-order valence-corrected chi connectivity index (χ0v) is 16.9. The van der Waals surface area contributed by atoms with Gasteiger partial charge in [-0.15, -0.1) is 34.5 Å². The number of aromatic nitrogens is 1. The van der Waals surface area contributed by atoms with Gasteiger partial charge in [-0.2, -0.15) is 5.10 Å². The van der Waals surface area contributed by atoms with Crippen molar-refractivity contribution in [3.63, 3.8) is 0 Å². The highest BCUT2D eigenvalue weighted by Crippen LogP contribution is 2.26. The molecule has 0 aliphatic carbocycles. The number of halogens is 2. The number of alkyl halides is 2. The van der Waals surface area contributed by atoms with Gasteiger partial charge in [0.25, 0.3) is 0 Å². The Hall–Kier alpha value is -2.28. The van der Waals surface area contributed by atoms with Crippen molar-refractivity contribution in [1.29, 1.82) is 0 Å². The number of anilines is 2. The molecule has 0 fully saturated rings. The molecule has 0 aliphatic heterocycles. The Morgan fingerprint density at radius 2 is 1.81 bits per heavy atom. The Bertz CT molecular complexity index is 877. The number of hydrogen-bond donors (Lipinski definition) is 1. The minimum Gasteiger partial charge on any atom is -0.497 e. The van der Waals surface area contributed by atoms with Gasteiger partial charge in [-0.25, -0.2) is 4.98 Å². The van der Waals surface area contributed by atoms with E-state index in [2.05, 4.69) is 15.5 Å². The summed E-state index contributed by atoms with van der Waals surface area (Å²) in [6.45, 7) is 0. The normalized spacial score (nSPS) is 10.9. The van der Waals surface area contributed by atoms with Crippen molar-refractivity contribution in [1.82, 2.24) is 4.98 Å². The van der Waals surface area contributed by atoms with Gasteiger partial charge in [0.2, 0.25) is 5.13 Å². The van der Waals surface area contributed by atoms with Crippen molar-refractivity contribution in [3.8, 4) is 17.0 Å². The number of hydrazone groups is 1.